The Morgan fingerprint density at radius 2 is 1.96 bits per heavy atom. The second kappa shape index (κ2) is 8.78. The third kappa shape index (κ3) is 4.83. The number of hydrogen-bond donors (Lipinski definition) is 1. The third-order valence-corrected chi connectivity index (χ3v) is 5.84. The summed E-state index contributed by atoms with van der Waals surface area (Å²) in [6, 6.07) is 14.2. The Hall–Kier alpha value is -2.02. The molecule has 1 unspecified atom stereocenters. The Labute approximate surface area is 171 Å². The molecular weight excluding hydrogens is 405 g/mol. The topological polar surface area (TPSA) is 61.8 Å². The molecule has 2 amide bonds. The molecule has 3 rings (SSSR count). The van der Waals surface area contributed by atoms with E-state index >= 15 is 0 Å². The Morgan fingerprint density at radius 3 is 2.63 bits per heavy atom. The van der Waals surface area contributed by atoms with Crippen LogP contribution in [0.25, 0.3) is 0 Å². The van der Waals surface area contributed by atoms with E-state index in [1.54, 1.807) is 23.1 Å². The van der Waals surface area contributed by atoms with Crippen molar-refractivity contribution in [2.24, 2.45) is 4.99 Å². The predicted molar refractivity (Wildman–Crippen MR) is 112 cm³/mol. The number of rotatable bonds is 4. The minimum atomic E-state index is -0.572. The molecule has 1 aliphatic rings. The summed E-state index contributed by atoms with van der Waals surface area (Å²) in [5.74, 6) is -0.400. The van der Waals surface area contributed by atoms with E-state index in [1.807, 2.05) is 37.3 Å². The molecule has 0 radical (unpaired) electrons. The van der Waals surface area contributed by atoms with Gasteiger partial charge in [0.05, 0.1) is 15.7 Å². The van der Waals surface area contributed by atoms with Crippen molar-refractivity contribution in [1.82, 2.24) is 4.90 Å². The SMILES string of the molecule is CCN1C(=O)CC(C(=O)Nc2ccc(Cl)c(Cl)c2)SC1=Nc1ccccc1. The molecule has 27 heavy (non-hydrogen) atoms. The van der Waals surface area contributed by atoms with E-state index in [0.29, 0.717) is 27.4 Å². The summed E-state index contributed by atoms with van der Waals surface area (Å²) in [7, 11) is 0. The summed E-state index contributed by atoms with van der Waals surface area (Å²) < 4.78 is 0. The molecule has 140 valence electrons. The predicted octanol–water partition coefficient (Wildman–Crippen LogP) is 4.97. The zero-order valence-electron chi connectivity index (χ0n) is 14.5. The molecule has 0 spiro atoms. The second-order valence-electron chi connectivity index (χ2n) is 5.80. The average molecular weight is 422 g/mol. The lowest BCUT2D eigenvalue weighted by molar-refractivity contribution is -0.129. The molecule has 8 heteroatoms. The largest absolute Gasteiger partial charge is 0.325 e. The Balaban J connectivity index is 1.79. The number of anilines is 1. The highest BCUT2D eigenvalue weighted by molar-refractivity contribution is 8.15. The van der Waals surface area contributed by atoms with Gasteiger partial charge in [0.1, 0.15) is 5.25 Å². The van der Waals surface area contributed by atoms with Gasteiger partial charge in [-0.15, -0.1) is 0 Å². The van der Waals surface area contributed by atoms with Crippen molar-refractivity contribution in [1.29, 1.82) is 0 Å². The molecule has 2 aromatic carbocycles. The summed E-state index contributed by atoms with van der Waals surface area (Å²) in [6.45, 7) is 2.38. The van der Waals surface area contributed by atoms with Crippen molar-refractivity contribution < 1.29 is 9.59 Å². The minimum Gasteiger partial charge on any atom is -0.325 e. The molecule has 5 nitrogen and oxygen atoms in total. The van der Waals surface area contributed by atoms with Crippen LogP contribution in [-0.4, -0.2) is 33.7 Å². The number of hydrogen-bond acceptors (Lipinski definition) is 4. The van der Waals surface area contributed by atoms with Gasteiger partial charge in [-0.2, -0.15) is 0 Å². The molecule has 0 bridgehead atoms. The van der Waals surface area contributed by atoms with Crippen LogP contribution in [-0.2, 0) is 9.59 Å². The highest BCUT2D eigenvalue weighted by Gasteiger charge is 2.35. The summed E-state index contributed by atoms with van der Waals surface area (Å²) in [6.07, 6.45) is 0.111. The van der Waals surface area contributed by atoms with E-state index in [-0.39, 0.29) is 18.2 Å². The normalized spacial score (nSPS) is 18.6. The standard InChI is InChI=1S/C19H17Cl2N3O2S/c1-2-24-17(25)11-16(27-19(24)23-12-6-4-3-5-7-12)18(26)22-13-8-9-14(20)15(21)10-13/h3-10,16H,2,11H2,1H3,(H,22,26). The van der Waals surface area contributed by atoms with Crippen LogP contribution in [0, 0.1) is 0 Å². The average Bonchev–Trinajstić information content (AvgIpc) is 2.65. The smallest absolute Gasteiger partial charge is 0.238 e. The quantitative estimate of drug-likeness (QED) is 0.757. The first-order chi connectivity index (χ1) is 13.0. The first kappa shape index (κ1) is 19.7. The molecule has 0 aliphatic carbocycles. The first-order valence-corrected chi connectivity index (χ1v) is 9.98. The Bertz CT molecular complexity index is 890. The molecule has 0 aromatic heterocycles. The highest BCUT2D eigenvalue weighted by atomic mass is 35.5. The number of aliphatic imine (C=N–C) groups is 1. The maximum absolute atomic E-state index is 12.7. The minimum absolute atomic E-state index is 0.111. The molecular formula is C19H17Cl2N3O2S. The van der Waals surface area contributed by atoms with Crippen LogP contribution in [0.5, 0.6) is 0 Å². The zero-order valence-corrected chi connectivity index (χ0v) is 16.8. The Kier molecular flexibility index (Phi) is 6.42. The zero-order chi connectivity index (χ0) is 19.4. The highest BCUT2D eigenvalue weighted by Crippen LogP contribution is 2.30. The Morgan fingerprint density at radius 1 is 1.22 bits per heavy atom. The fourth-order valence-electron chi connectivity index (χ4n) is 2.56. The monoisotopic (exact) mass is 421 g/mol. The molecule has 1 atom stereocenters. The number of halogens is 2. The maximum Gasteiger partial charge on any atom is 0.238 e. The number of thioether (sulfide) groups is 1. The third-order valence-electron chi connectivity index (χ3n) is 3.92. The molecule has 1 fully saturated rings. The van der Waals surface area contributed by atoms with Gasteiger partial charge in [-0.25, -0.2) is 4.99 Å². The van der Waals surface area contributed by atoms with Gasteiger partial charge < -0.3 is 5.32 Å². The van der Waals surface area contributed by atoms with Gasteiger partial charge in [0.25, 0.3) is 0 Å². The van der Waals surface area contributed by atoms with Crippen molar-refractivity contribution in [3.8, 4) is 0 Å². The van der Waals surface area contributed by atoms with E-state index in [2.05, 4.69) is 10.3 Å². The lowest BCUT2D eigenvalue weighted by Gasteiger charge is -2.30. The van der Waals surface area contributed by atoms with Crippen LogP contribution >= 0.6 is 35.0 Å². The van der Waals surface area contributed by atoms with E-state index in [0.717, 1.165) is 5.69 Å². The van der Waals surface area contributed by atoms with Crippen molar-refractivity contribution in [2.45, 2.75) is 18.6 Å². The molecule has 1 saturated heterocycles. The van der Waals surface area contributed by atoms with Crippen molar-refractivity contribution in [2.75, 3.05) is 11.9 Å². The fourth-order valence-corrected chi connectivity index (χ4v) is 4.02. The molecule has 0 saturated carbocycles. The van der Waals surface area contributed by atoms with Crippen LogP contribution in [0.15, 0.2) is 53.5 Å². The maximum atomic E-state index is 12.7. The van der Waals surface area contributed by atoms with E-state index in [1.165, 1.54) is 11.8 Å². The van der Waals surface area contributed by atoms with Crippen LogP contribution in [0.4, 0.5) is 11.4 Å². The van der Waals surface area contributed by atoms with Gasteiger partial charge in [0.2, 0.25) is 11.8 Å². The number of nitrogens with one attached hydrogen (secondary N) is 1. The van der Waals surface area contributed by atoms with Crippen LogP contribution in [0.3, 0.4) is 0 Å². The van der Waals surface area contributed by atoms with Crippen LogP contribution in [0.2, 0.25) is 10.0 Å². The number of carbonyl (C=O) groups excluding carboxylic acids is 2. The van der Waals surface area contributed by atoms with Gasteiger partial charge in [-0.05, 0) is 37.3 Å². The number of amidine groups is 1. The molecule has 1 heterocycles. The molecule has 1 aliphatic heterocycles. The lowest BCUT2D eigenvalue weighted by atomic mass is 10.2. The summed E-state index contributed by atoms with van der Waals surface area (Å²) >= 11 is 13.2. The summed E-state index contributed by atoms with van der Waals surface area (Å²) in [4.78, 5) is 31.3. The van der Waals surface area contributed by atoms with Crippen LogP contribution < -0.4 is 5.32 Å². The number of amides is 2. The van der Waals surface area contributed by atoms with Gasteiger partial charge in [-0.1, -0.05) is 53.2 Å². The van der Waals surface area contributed by atoms with E-state index in [4.69, 9.17) is 23.2 Å². The number of para-hydroxylation sites is 1. The van der Waals surface area contributed by atoms with Crippen molar-refractivity contribution in [3.05, 3.63) is 58.6 Å². The fraction of sp³-hybridized carbons (Fsp3) is 0.211. The number of carbonyl (C=O) groups is 2. The van der Waals surface area contributed by atoms with E-state index in [9.17, 15) is 9.59 Å². The van der Waals surface area contributed by atoms with Crippen LogP contribution in [0.1, 0.15) is 13.3 Å². The van der Waals surface area contributed by atoms with Gasteiger partial charge in [0.15, 0.2) is 5.17 Å². The van der Waals surface area contributed by atoms with Gasteiger partial charge >= 0.3 is 0 Å². The molecule has 2 aromatic rings. The number of benzene rings is 2. The number of nitrogens with zero attached hydrogens (tertiary/aromatic N) is 2. The van der Waals surface area contributed by atoms with Crippen molar-refractivity contribution in [3.63, 3.8) is 0 Å². The summed E-state index contributed by atoms with van der Waals surface area (Å²) in [5, 5.41) is 3.50. The van der Waals surface area contributed by atoms with Gasteiger partial charge in [-0.3, -0.25) is 14.5 Å². The second-order valence-corrected chi connectivity index (χ2v) is 7.78. The lowest BCUT2D eigenvalue weighted by Crippen LogP contribution is -2.45. The summed E-state index contributed by atoms with van der Waals surface area (Å²) in [5.41, 5.74) is 1.26. The van der Waals surface area contributed by atoms with Crippen molar-refractivity contribution >= 4 is 63.3 Å². The van der Waals surface area contributed by atoms with E-state index < -0.39 is 5.25 Å². The van der Waals surface area contributed by atoms with Gasteiger partial charge in [0, 0.05) is 18.7 Å². The first-order valence-electron chi connectivity index (χ1n) is 8.34. The molecule has 1 N–H and O–H groups in total.